The minimum Gasteiger partial charge on any atom is -0.394 e. The van der Waals surface area contributed by atoms with Gasteiger partial charge in [0.15, 0.2) is 5.82 Å². The summed E-state index contributed by atoms with van der Waals surface area (Å²) < 4.78 is 1.92. The van der Waals surface area contributed by atoms with Crippen LogP contribution in [0.2, 0.25) is 0 Å². The Morgan fingerprint density at radius 1 is 1.39 bits per heavy atom. The molecule has 1 aliphatic rings. The molecule has 1 saturated heterocycles. The summed E-state index contributed by atoms with van der Waals surface area (Å²) in [5.41, 5.74) is 7.63. The number of nitrogens with zero attached hydrogens (tertiary/aromatic N) is 4. The van der Waals surface area contributed by atoms with Crippen LogP contribution in [0.15, 0.2) is 0 Å². The largest absolute Gasteiger partial charge is 0.394 e. The number of rotatable bonds is 3. The van der Waals surface area contributed by atoms with Crippen molar-refractivity contribution in [2.24, 2.45) is 0 Å². The molecule has 2 N–H and O–H groups in total. The van der Waals surface area contributed by atoms with E-state index in [1.165, 1.54) is 0 Å². The average Bonchev–Trinajstić information content (AvgIpc) is 2.60. The van der Waals surface area contributed by atoms with E-state index in [-0.39, 0.29) is 5.91 Å². The van der Waals surface area contributed by atoms with Gasteiger partial charge in [0.05, 0.1) is 17.9 Å². The van der Waals surface area contributed by atoms with Crippen molar-refractivity contribution >= 4 is 17.4 Å². The molecule has 2 rings (SSSR count). The summed E-state index contributed by atoms with van der Waals surface area (Å²) >= 11 is 0. The van der Waals surface area contributed by atoms with Crippen molar-refractivity contribution in [3.8, 4) is 0 Å². The van der Waals surface area contributed by atoms with Crippen molar-refractivity contribution in [2.75, 3.05) is 37.3 Å². The molecule has 6 nitrogen and oxygen atoms in total. The fraction of sp³-hybridized carbons (Fsp3) is 0.667. The fourth-order valence-corrected chi connectivity index (χ4v) is 2.22. The predicted molar refractivity (Wildman–Crippen MR) is 71.5 cm³/mol. The summed E-state index contributed by atoms with van der Waals surface area (Å²) in [6.07, 6.45) is 0.995. The number of likely N-dealkylation sites (N-methyl/N-ethyl adjacent to an activating group) is 1. The van der Waals surface area contributed by atoms with Crippen molar-refractivity contribution in [3.05, 3.63) is 5.69 Å². The van der Waals surface area contributed by atoms with Crippen LogP contribution >= 0.6 is 0 Å². The molecule has 1 aromatic rings. The zero-order valence-corrected chi connectivity index (χ0v) is 11.3. The molecule has 0 saturated carbocycles. The van der Waals surface area contributed by atoms with Gasteiger partial charge in [-0.1, -0.05) is 6.92 Å². The van der Waals surface area contributed by atoms with Gasteiger partial charge >= 0.3 is 0 Å². The number of carbonyl (C=O) groups excluding carboxylic acids is 1. The normalized spacial score (nSPS) is 16.5. The third-order valence-corrected chi connectivity index (χ3v) is 3.34. The quantitative estimate of drug-likeness (QED) is 0.847. The summed E-state index contributed by atoms with van der Waals surface area (Å²) in [4.78, 5) is 15.6. The van der Waals surface area contributed by atoms with E-state index in [1.54, 1.807) is 4.90 Å². The average molecular weight is 251 g/mol. The second kappa shape index (κ2) is 4.88. The van der Waals surface area contributed by atoms with Crippen molar-refractivity contribution in [1.29, 1.82) is 0 Å². The van der Waals surface area contributed by atoms with Crippen molar-refractivity contribution < 1.29 is 4.79 Å². The second-order valence-electron chi connectivity index (χ2n) is 4.78. The number of anilines is 2. The first-order chi connectivity index (χ1) is 8.54. The Bertz CT molecular complexity index is 454. The minimum atomic E-state index is 0.127. The fourth-order valence-electron chi connectivity index (χ4n) is 2.22. The molecule has 2 heterocycles. The molecule has 0 atom stereocenters. The summed E-state index contributed by atoms with van der Waals surface area (Å²) in [7, 11) is 1.83. The van der Waals surface area contributed by atoms with Crippen LogP contribution in [0.4, 0.5) is 11.5 Å². The van der Waals surface area contributed by atoms with Crippen molar-refractivity contribution in [1.82, 2.24) is 14.7 Å². The number of carbonyl (C=O) groups is 1. The molecule has 0 aliphatic carbocycles. The predicted octanol–water partition coefficient (Wildman–Crippen LogP) is 0.462. The molecule has 1 fully saturated rings. The first-order valence-corrected chi connectivity index (χ1v) is 6.36. The van der Waals surface area contributed by atoms with Gasteiger partial charge in [-0.05, 0) is 13.3 Å². The molecular formula is C12H21N5O. The monoisotopic (exact) mass is 251 g/mol. The summed E-state index contributed by atoms with van der Waals surface area (Å²) in [5, 5.41) is 4.44. The Kier molecular flexibility index (Phi) is 3.45. The zero-order valence-electron chi connectivity index (χ0n) is 11.3. The first-order valence-electron chi connectivity index (χ1n) is 6.36. The van der Waals surface area contributed by atoms with E-state index in [0.717, 1.165) is 37.6 Å². The van der Waals surface area contributed by atoms with Crippen LogP contribution in [-0.2, 0) is 11.3 Å². The summed E-state index contributed by atoms with van der Waals surface area (Å²) in [6.45, 7) is 6.76. The van der Waals surface area contributed by atoms with Gasteiger partial charge in [0.25, 0.3) is 0 Å². The summed E-state index contributed by atoms with van der Waals surface area (Å²) in [5.74, 6) is 1.03. The van der Waals surface area contributed by atoms with Gasteiger partial charge in [-0.15, -0.1) is 0 Å². The molecular weight excluding hydrogens is 230 g/mol. The van der Waals surface area contributed by atoms with Gasteiger partial charge in [0.1, 0.15) is 0 Å². The third kappa shape index (κ3) is 2.14. The molecule has 0 spiro atoms. The van der Waals surface area contributed by atoms with Crippen LogP contribution in [0.25, 0.3) is 0 Å². The molecule has 0 aromatic carbocycles. The Balaban J connectivity index is 2.29. The van der Waals surface area contributed by atoms with Gasteiger partial charge in [0, 0.05) is 26.7 Å². The maximum atomic E-state index is 11.8. The minimum absolute atomic E-state index is 0.127. The van der Waals surface area contributed by atoms with Gasteiger partial charge in [-0.3, -0.25) is 4.79 Å². The Morgan fingerprint density at radius 2 is 2.11 bits per heavy atom. The smallest absolute Gasteiger partial charge is 0.241 e. The molecule has 0 bridgehead atoms. The Labute approximate surface area is 107 Å². The first kappa shape index (κ1) is 12.7. The van der Waals surface area contributed by atoms with Crippen LogP contribution < -0.4 is 10.6 Å². The van der Waals surface area contributed by atoms with E-state index in [9.17, 15) is 4.79 Å². The van der Waals surface area contributed by atoms with Crippen LogP contribution in [0, 0.1) is 6.92 Å². The van der Waals surface area contributed by atoms with E-state index in [2.05, 4.69) is 12.0 Å². The molecule has 1 amide bonds. The van der Waals surface area contributed by atoms with Gasteiger partial charge in [-0.2, -0.15) is 5.10 Å². The lowest BCUT2D eigenvalue weighted by atomic mass is 10.3. The molecule has 1 aliphatic heterocycles. The molecule has 1 aromatic heterocycles. The molecule has 0 unspecified atom stereocenters. The number of hydrogen-bond acceptors (Lipinski definition) is 4. The zero-order chi connectivity index (χ0) is 13.3. The SMILES string of the molecule is CCCn1nc(C)c(N)c1N1CCN(C)C(=O)C1. The van der Waals surface area contributed by atoms with Crippen molar-refractivity contribution in [2.45, 2.75) is 26.8 Å². The van der Waals surface area contributed by atoms with Gasteiger partial charge in [0.2, 0.25) is 5.91 Å². The molecule has 6 heteroatoms. The number of piperazine rings is 1. The highest BCUT2D eigenvalue weighted by atomic mass is 16.2. The van der Waals surface area contributed by atoms with E-state index < -0.39 is 0 Å². The van der Waals surface area contributed by atoms with Crippen LogP contribution in [0.5, 0.6) is 0 Å². The second-order valence-corrected chi connectivity index (χ2v) is 4.78. The lowest BCUT2D eigenvalue weighted by molar-refractivity contribution is -0.129. The lowest BCUT2D eigenvalue weighted by Crippen LogP contribution is -2.49. The van der Waals surface area contributed by atoms with E-state index >= 15 is 0 Å². The van der Waals surface area contributed by atoms with Crippen LogP contribution in [-0.4, -0.2) is 47.3 Å². The van der Waals surface area contributed by atoms with Gasteiger partial charge < -0.3 is 15.5 Å². The standard InChI is InChI=1S/C12H21N5O/c1-4-5-17-12(11(13)9(2)14-17)16-7-6-15(3)10(18)8-16/h4-8,13H2,1-3H3. The lowest BCUT2D eigenvalue weighted by Gasteiger charge is -2.33. The Morgan fingerprint density at radius 3 is 2.72 bits per heavy atom. The number of nitrogens with two attached hydrogens (primary N) is 1. The van der Waals surface area contributed by atoms with Crippen LogP contribution in [0.1, 0.15) is 19.0 Å². The molecule has 0 radical (unpaired) electrons. The highest BCUT2D eigenvalue weighted by Crippen LogP contribution is 2.27. The number of aryl methyl sites for hydroxylation is 2. The molecule has 100 valence electrons. The number of nitrogen functional groups attached to an aromatic ring is 1. The number of hydrogen-bond donors (Lipinski definition) is 1. The van der Waals surface area contributed by atoms with Crippen LogP contribution in [0.3, 0.4) is 0 Å². The summed E-state index contributed by atoms with van der Waals surface area (Å²) in [6, 6.07) is 0. The third-order valence-electron chi connectivity index (χ3n) is 3.34. The maximum absolute atomic E-state index is 11.8. The highest BCUT2D eigenvalue weighted by Gasteiger charge is 2.26. The Hall–Kier alpha value is -1.72. The number of aromatic nitrogens is 2. The van der Waals surface area contributed by atoms with E-state index in [1.807, 2.05) is 23.6 Å². The molecule has 18 heavy (non-hydrogen) atoms. The topological polar surface area (TPSA) is 67.4 Å². The number of amides is 1. The van der Waals surface area contributed by atoms with Crippen molar-refractivity contribution in [3.63, 3.8) is 0 Å². The van der Waals surface area contributed by atoms with Gasteiger partial charge in [-0.25, -0.2) is 4.68 Å². The highest BCUT2D eigenvalue weighted by molar-refractivity contribution is 5.84. The van der Waals surface area contributed by atoms with E-state index in [4.69, 9.17) is 5.73 Å². The van der Waals surface area contributed by atoms with E-state index in [0.29, 0.717) is 12.2 Å². The maximum Gasteiger partial charge on any atom is 0.241 e.